The van der Waals surface area contributed by atoms with Crippen molar-refractivity contribution in [3.63, 3.8) is 0 Å². The molecule has 0 atom stereocenters. The van der Waals surface area contributed by atoms with Gasteiger partial charge in [-0.05, 0) is 30.9 Å². The second-order valence-corrected chi connectivity index (χ2v) is 4.99. The molecule has 0 aromatic carbocycles. The molecule has 1 saturated carbocycles. The van der Waals surface area contributed by atoms with Crippen LogP contribution in [0, 0.1) is 5.92 Å². The number of methoxy groups -OCH3 is 1. The highest BCUT2D eigenvalue weighted by Gasteiger charge is 2.33. The van der Waals surface area contributed by atoms with Crippen LogP contribution in [0.4, 0.5) is 13.2 Å². The lowest BCUT2D eigenvalue weighted by Crippen LogP contribution is -2.37. The molecule has 120 valence electrons. The van der Waals surface area contributed by atoms with Crippen molar-refractivity contribution in [1.82, 2.24) is 4.90 Å². The maximum atomic E-state index is 12.5. The summed E-state index contributed by atoms with van der Waals surface area (Å²) in [6, 6.07) is 0. The molecule has 0 aliphatic heterocycles. The van der Waals surface area contributed by atoms with E-state index in [4.69, 9.17) is 10.5 Å². The summed E-state index contributed by atoms with van der Waals surface area (Å²) < 4.78 is 42.5. The lowest BCUT2D eigenvalue weighted by atomic mass is 9.89. The van der Waals surface area contributed by atoms with E-state index in [2.05, 4.69) is 6.08 Å². The lowest BCUT2D eigenvalue weighted by molar-refractivity contribution is -0.226. The summed E-state index contributed by atoms with van der Waals surface area (Å²) in [6.07, 6.45) is 9.39. The number of hydrogen-bond donors (Lipinski definition) is 1. The normalized spacial score (nSPS) is 18.6. The van der Waals surface area contributed by atoms with E-state index in [0.29, 0.717) is 11.7 Å². The molecule has 3 nitrogen and oxygen atoms in total. The minimum atomic E-state index is -4.48. The number of alkyl halides is 3. The number of nitrogens with two attached hydrogens (primary N) is 1. The Kier molecular flexibility index (Phi) is 7.36. The molecule has 0 bridgehead atoms. The minimum Gasteiger partial charge on any atom is -0.497 e. The maximum absolute atomic E-state index is 12.5. The Morgan fingerprint density at radius 1 is 1.29 bits per heavy atom. The zero-order valence-corrected chi connectivity index (χ0v) is 12.3. The average Bonchev–Trinajstić information content (AvgIpc) is 2.45. The van der Waals surface area contributed by atoms with Gasteiger partial charge in [-0.1, -0.05) is 31.4 Å². The van der Waals surface area contributed by atoms with Gasteiger partial charge >= 0.3 is 6.30 Å². The first-order valence-corrected chi connectivity index (χ1v) is 7.11. The second kappa shape index (κ2) is 8.77. The molecule has 2 N–H and O–H groups in total. The van der Waals surface area contributed by atoms with Crippen molar-refractivity contribution in [2.24, 2.45) is 11.7 Å². The fraction of sp³-hybridized carbons (Fsp3) is 0.600. The molecule has 6 heteroatoms. The van der Waals surface area contributed by atoms with Crippen molar-refractivity contribution in [3.8, 4) is 0 Å². The monoisotopic (exact) mass is 304 g/mol. The molecule has 0 aromatic heterocycles. The molecule has 0 unspecified atom stereocenters. The largest absolute Gasteiger partial charge is 0.497 e. The number of ether oxygens (including phenoxy) is 1. The minimum absolute atomic E-state index is 0.0880. The Bertz CT molecular complexity index is 383. The van der Waals surface area contributed by atoms with E-state index >= 15 is 0 Å². The highest BCUT2D eigenvalue weighted by atomic mass is 19.4. The molecule has 1 aliphatic carbocycles. The zero-order valence-electron chi connectivity index (χ0n) is 12.3. The van der Waals surface area contributed by atoms with E-state index in [0.717, 1.165) is 6.20 Å². The fourth-order valence-electron chi connectivity index (χ4n) is 2.24. The van der Waals surface area contributed by atoms with Gasteiger partial charge in [-0.3, -0.25) is 4.90 Å². The molecule has 21 heavy (non-hydrogen) atoms. The van der Waals surface area contributed by atoms with Crippen LogP contribution in [0.1, 0.15) is 32.1 Å². The van der Waals surface area contributed by atoms with Crippen molar-refractivity contribution in [2.45, 2.75) is 38.4 Å². The van der Waals surface area contributed by atoms with Gasteiger partial charge in [-0.25, -0.2) is 0 Å². The van der Waals surface area contributed by atoms with Gasteiger partial charge < -0.3 is 10.5 Å². The van der Waals surface area contributed by atoms with Gasteiger partial charge in [0.05, 0.1) is 13.8 Å². The Morgan fingerprint density at radius 3 is 2.48 bits per heavy atom. The van der Waals surface area contributed by atoms with Crippen LogP contribution in [-0.4, -0.2) is 25.0 Å². The fourth-order valence-corrected chi connectivity index (χ4v) is 2.24. The van der Waals surface area contributed by atoms with Crippen molar-refractivity contribution < 1.29 is 17.9 Å². The highest BCUT2D eigenvalue weighted by Crippen LogP contribution is 2.24. The molecule has 0 amide bonds. The van der Waals surface area contributed by atoms with Gasteiger partial charge in [0.1, 0.15) is 5.76 Å². The third-order valence-corrected chi connectivity index (χ3v) is 3.47. The van der Waals surface area contributed by atoms with Crippen molar-refractivity contribution in [1.29, 1.82) is 0 Å². The Hall–Kier alpha value is -1.43. The van der Waals surface area contributed by atoms with E-state index < -0.39 is 13.0 Å². The quantitative estimate of drug-likeness (QED) is 0.350. The topological polar surface area (TPSA) is 38.5 Å². The van der Waals surface area contributed by atoms with Crippen LogP contribution in [0.2, 0.25) is 0 Å². The maximum Gasteiger partial charge on any atom is 0.485 e. The van der Waals surface area contributed by atoms with Gasteiger partial charge in [-0.2, -0.15) is 13.2 Å². The van der Waals surface area contributed by atoms with Crippen LogP contribution >= 0.6 is 0 Å². The van der Waals surface area contributed by atoms with E-state index in [1.54, 1.807) is 6.08 Å². The molecule has 1 fully saturated rings. The summed E-state index contributed by atoms with van der Waals surface area (Å²) in [5.74, 6) is 0.914. The summed E-state index contributed by atoms with van der Waals surface area (Å²) in [5.41, 5.74) is 5.06. The highest BCUT2D eigenvalue weighted by molar-refractivity contribution is 5.18. The summed E-state index contributed by atoms with van der Waals surface area (Å²) in [6.45, 7) is -0.630. The molecule has 1 rings (SSSR count). The standard InChI is InChI=1S/C15H23F3N2O/c1-21-14(10-11-20(12-19)15(16,17)18)9-5-8-13-6-3-2-4-7-13/h5,8-11,13H,2-4,6-7,12,19H2,1H3/b8-5+,11-10-,14-9+. The van der Waals surface area contributed by atoms with E-state index in [9.17, 15) is 13.2 Å². The van der Waals surface area contributed by atoms with Crippen LogP contribution in [-0.2, 0) is 4.74 Å². The molecular weight excluding hydrogens is 281 g/mol. The van der Waals surface area contributed by atoms with Crippen LogP contribution in [0.3, 0.4) is 0 Å². The van der Waals surface area contributed by atoms with Crippen molar-refractivity contribution >= 4 is 0 Å². The Balaban J connectivity index is 2.60. The van der Waals surface area contributed by atoms with Crippen LogP contribution in [0.15, 0.2) is 36.3 Å². The first-order chi connectivity index (χ1) is 9.97. The summed E-state index contributed by atoms with van der Waals surface area (Å²) in [5, 5.41) is 0. The molecule has 0 aromatic rings. The Morgan fingerprint density at radius 2 is 1.95 bits per heavy atom. The van der Waals surface area contributed by atoms with Gasteiger partial charge in [0.2, 0.25) is 0 Å². The predicted molar refractivity (Wildman–Crippen MR) is 76.9 cm³/mol. The zero-order chi connectivity index (χ0) is 15.7. The predicted octanol–water partition coefficient (Wildman–Crippen LogP) is 3.90. The first kappa shape index (κ1) is 17.6. The average molecular weight is 304 g/mol. The molecule has 0 spiro atoms. The van der Waals surface area contributed by atoms with Gasteiger partial charge in [0.15, 0.2) is 0 Å². The van der Waals surface area contributed by atoms with E-state index in [1.165, 1.54) is 45.3 Å². The van der Waals surface area contributed by atoms with Crippen LogP contribution < -0.4 is 5.73 Å². The number of hydrogen-bond acceptors (Lipinski definition) is 3. The van der Waals surface area contributed by atoms with Gasteiger partial charge in [0.25, 0.3) is 0 Å². The Labute approximate surface area is 123 Å². The van der Waals surface area contributed by atoms with Crippen LogP contribution in [0.5, 0.6) is 0 Å². The SMILES string of the molecule is COC(/C=C\N(CN)C(F)(F)F)=C/C=C/C1CCCCC1. The summed E-state index contributed by atoms with van der Waals surface area (Å²) in [4.78, 5) is 0.0880. The van der Waals surface area contributed by atoms with E-state index in [1.807, 2.05) is 6.08 Å². The lowest BCUT2D eigenvalue weighted by Gasteiger charge is -2.20. The summed E-state index contributed by atoms with van der Waals surface area (Å²) >= 11 is 0. The van der Waals surface area contributed by atoms with Crippen molar-refractivity contribution in [3.05, 3.63) is 36.3 Å². The number of rotatable bonds is 6. The number of nitrogens with zero attached hydrogens (tertiary/aromatic N) is 1. The summed E-state index contributed by atoms with van der Waals surface area (Å²) in [7, 11) is 1.42. The number of allylic oxidation sites excluding steroid dienone is 4. The smallest absolute Gasteiger partial charge is 0.485 e. The third kappa shape index (κ3) is 6.71. The third-order valence-electron chi connectivity index (χ3n) is 3.47. The van der Waals surface area contributed by atoms with Crippen LogP contribution in [0.25, 0.3) is 0 Å². The first-order valence-electron chi connectivity index (χ1n) is 7.11. The molecule has 0 saturated heterocycles. The molecule has 0 heterocycles. The molecule has 1 aliphatic rings. The number of halogens is 3. The van der Waals surface area contributed by atoms with Crippen molar-refractivity contribution in [2.75, 3.05) is 13.8 Å². The molecule has 0 radical (unpaired) electrons. The molecular formula is C15H23F3N2O. The van der Waals surface area contributed by atoms with Gasteiger partial charge in [0, 0.05) is 6.20 Å². The van der Waals surface area contributed by atoms with Gasteiger partial charge in [-0.15, -0.1) is 0 Å². The van der Waals surface area contributed by atoms with E-state index in [-0.39, 0.29) is 4.90 Å². The second-order valence-electron chi connectivity index (χ2n) is 4.99.